The van der Waals surface area contributed by atoms with E-state index >= 15 is 0 Å². The zero-order valence-corrected chi connectivity index (χ0v) is 24.4. The lowest BCUT2D eigenvalue weighted by Crippen LogP contribution is -2.79. The van der Waals surface area contributed by atoms with Crippen LogP contribution in [0.4, 0.5) is 4.79 Å². The number of nitrogens with two attached hydrogens (primary N) is 1. The Morgan fingerprint density at radius 1 is 1.15 bits per heavy atom. The molecule has 11 nitrogen and oxygen atoms in total. The van der Waals surface area contributed by atoms with E-state index in [1.54, 1.807) is 33.8 Å². The number of aliphatic hydroxyl groups is 3. The Kier molecular flexibility index (Phi) is 7.81. The van der Waals surface area contributed by atoms with Crippen molar-refractivity contribution in [1.29, 1.82) is 0 Å². The molecule has 0 aromatic heterocycles. The molecule has 226 valence electrons. The molecule has 0 spiro atoms. The van der Waals surface area contributed by atoms with Crippen molar-refractivity contribution in [3.8, 4) is 5.75 Å². The fourth-order valence-corrected chi connectivity index (χ4v) is 8.22. The highest BCUT2D eigenvalue weighted by atomic mass is 16.5. The number of primary amides is 1. The first-order valence-corrected chi connectivity index (χ1v) is 14.1. The van der Waals surface area contributed by atoms with Gasteiger partial charge in [0, 0.05) is 12.0 Å². The van der Waals surface area contributed by atoms with Gasteiger partial charge in [-0.25, -0.2) is 4.79 Å². The molecule has 4 rings (SSSR count). The van der Waals surface area contributed by atoms with Gasteiger partial charge in [-0.2, -0.15) is 0 Å². The summed E-state index contributed by atoms with van der Waals surface area (Å²) in [5.74, 6) is -7.29. The number of alkyl carbamates (subject to hydrolysis) is 1. The van der Waals surface area contributed by atoms with Crippen molar-refractivity contribution in [2.24, 2.45) is 46.2 Å². The third kappa shape index (κ3) is 4.53. The van der Waals surface area contributed by atoms with Crippen molar-refractivity contribution in [2.45, 2.75) is 78.7 Å². The highest BCUT2D eigenvalue weighted by Crippen LogP contribution is 2.65. The van der Waals surface area contributed by atoms with E-state index in [2.05, 4.69) is 5.32 Å². The van der Waals surface area contributed by atoms with Gasteiger partial charge in [0.1, 0.15) is 17.8 Å². The Hall–Kier alpha value is -3.02. The second kappa shape index (κ2) is 10.4. The van der Waals surface area contributed by atoms with E-state index in [1.807, 2.05) is 13.8 Å². The zero-order valence-electron chi connectivity index (χ0n) is 24.4. The molecule has 8 atom stereocenters. The molecule has 41 heavy (non-hydrogen) atoms. The summed E-state index contributed by atoms with van der Waals surface area (Å²) in [6, 6.07) is 2.93. The predicted octanol–water partition coefficient (Wildman–Crippen LogP) is 1.46. The molecule has 11 heteroatoms. The van der Waals surface area contributed by atoms with E-state index < -0.39 is 70.0 Å². The number of fused-ring (bicyclic) bond motifs is 3. The first kappa shape index (κ1) is 30.9. The maximum absolute atomic E-state index is 14.1. The number of phenols is 1. The van der Waals surface area contributed by atoms with Gasteiger partial charge in [0.2, 0.25) is 5.91 Å². The average molecular weight is 575 g/mol. The Bertz CT molecular complexity index is 1280. The van der Waals surface area contributed by atoms with E-state index in [1.165, 1.54) is 6.07 Å². The molecule has 0 aliphatic heterocycles. The van der Waals surface area contributed by atoms with Crippen LogP contribution in [-0.2, 0) is 27.3 Å². The number of hydrogen-bond acceptors (Lipinski definition) is 9. The number of aliphatic hydroxyl groups excluding tert-OH is 2. The number of ketones is 2. The Morgan fingerprint density at radius 3 is 2.34 bits per heavy atom. The summed E-state index contributed by atoms with van der Waals surface area (Å²) in [5, 5.41) is 48.6. The molecule has 0 saturated heterocycles. The number of benzene rings is 1. The van der Waals surface area contributed by atoms with E-state index in [0.29, 0.717) is 11.1 Å². The SMILES string of the molecule is CC(C)COC(=O)NCc1ccc(O)c2c1C[C@]1(C)C[C@]3(C)[C@@H](C(C)C)C(O)[C@@H](C(N)=O)C(=O)[C@]3(O)C(O)[C@H]1C2=O. The molecule has 2 saturated carbocycles. The third-order valence-corrected chi connectivity index (χ3v) is 9.73. The molecule has 0 radical (unpaired) electrons. The molecule has 2 amide bonds. The van der Waals surface area contributed by atoms with Gasteiger partial charge in [-0.15, -0.1) is 0 Å². The van der Waals surface area contributed by atoms with Gasteiger partial charge in [-0.3, -0.25) is 14.4 Å². The minimum atomic E-state index is -2.56. The van der Waals surface area contributed by atoms with Crippen molar-refractivity contribution >= 4 is 23.6 Å². The quantitative estimate of drug-likeness (QED) is 0.272. The summed E-state index contributed by atoms with van der Waals surface area (Å²) in [6.45, 7) is 11.0. The molecule has 1 aromatic carbocycles. The van der Waals surface area contributed by atoms with E-state index in [0.717, 1.165) is 0 Å². The average Bonchev–Trinajstić information content (AvgIpc) is 2.84. The van der Waals surface area contributed by atoms with Gasteiger partial charge < -0.3 is 36.2 Å². The number of carbonyl (C=O) groups is 4. The highest BCUT2D eigenvalue weighted by molar-refractivity contribution is 6.09. The molecule has 0 heterocycles. The molecule has 1 aromatic rings. The van der Waals surface area contributed by atoms with Crippen LogP contribution >= 0.6 is 0 Å². The van der Waals surface area contributed by atoms with Gasteiger partial charge in [0.15, 0.2) is 17.2 Å². The van der Waals surface area contributed by atoms with E-state index in [-0.39, 0.29) is 49.1 Å². The lowest BCUT2D eigenvalue weighted by atomic mass is 9.39. The number of nitrogens with one attached hydrogen (secondary N) is 1. The number of rotatable bonds is 6. The summed E-state index contributed by atoms with van der Waals surface area (Å²) in [4.78, 5) is 52.4. The molecular weight excluding hydrogens is 532 g/mol. The fourth-order valence-electron chi connectivity index (χ4n) is 8.22. The maximum Gasteiger partial charge on any atom is 0.407 e. The van der Waals surface area contributed by atoms with Crippen molar-refractivity contribution in [2.75, 3.05) is 6.61 Å². The van der Waals surface area contributed by atoms with Crippen LogP contribution in [0.2, 0.25) is 0 Å². The number of amides is 2. The number of phenolic OH excluding ortho intramolecular Hbond substituents is 1. The normalized spacial score (nSPS) is 36.4. The number of aromatic hydroxyl groups is 1. The largest absolute Gasteiger partial charge is 0.507 e. The standard InChI is InChI=1S/C30H42N2O9/c1-13(2)11-41-27(39)32-10-15-7-8-17(33)18-16(15)9-28(5)12-29(6)20(14(3)4)23(35)19(26(31)38)24(36)30(29,40)25(37)21(28)22(18)34/h7-8,13-14,19-21,23,25,33,35,37,40H,9-12H2,1-6H3,(H2,31,38)(H,32,39)/t19-,20+,21-,23?,25?,28-,29-,30+/m1/s1. The first-order valence-electron chi connectivity index (χ1n) is 14.1. The number of hydrogen-bond donors (Lipinski definition) is 6. The Balaban J connectivity index is 1.81. The zero-order chi connectivity index (χ0) is 30.8. The van der Waals surface area contributed by atoms with Gasteiger partial charge >= 0.3 is 6.09 Å². The van der Waals surface area contributed by atoms with E-state index in [4.69, 9.17) is 10.5 Å². The summed E-state index contributed by atoms with van der Waals surface area (Å²) in [5.41, 5.74) is 1.46. The van der Waals surface area contributed by atoms with Crippen molar-refractivity contribution in [3.05, 3.63) is 28.8 Å². The summed E-state index contributed by atoms with van der Waals surface area (Å²) in [6.07, 6.45) is -3.86. The first-order chi connectivity index (χ1) is 18.9. The summed E-state index contributed by atoms with van der Waals surface area (Å²) >= 11 is 0. The molecule has 3 aliphatic rings. The number of ether oxygens (including phenoxy) is 1. The lowest BCUT2D eigenvalue weighted by Gasteiger charge is -2.66. The van der Waals surface area contributed by atoms with Gasteiger partial charge in [0.25, 0.3) is 0 Å². The molecular formula is C30H42N2O9. The van der Waals surface area contributed by atoms with Gasteiger partial charge in [0.05, 0.1) is 24.2 Å². The second-order valence-electron chi connectivity index (χ2n) is 13.4. The summed E-state index contributed by atoms with van der Waals surface area (Å²) in [7, 11) is 0. The number of carbonyl (C=O) groups excluding carboxylic acids is 4. The Labute approximate surface area is 239 Å². The lowest BCUT2D eigenvalue weighted by molar-refractivity contribution is -0.265. The van der Waals surface area contributed by atoms with Crippen molar-refractivity contribution in [1.82, 2.24) is 5.32 Å². The molecule has 0 bridgehead atoms. The van der Waals surface area contributed by atoms with Crippen LogP contribution in [0.25, 0.3) is 0 Å². The fraction of sp³-hybridized carbons (Fsp3) is 0.667. The van der Waals surface area contributed by atoms with Crippen LogP contribution in [-0.4, -0.2) is 68.4 Å². The van der Waals surface area contributed by atoms with Crippen LogP contribution in [0.1, 0.15) is 69.4 Å². The van der Waals surface area contributed by atoms with E-state index in [9.17, 15) is 39.6 Å². The molecule has 7 N–H and O–H groups in total. The molecule has 3 aliphatic carbocycles. The maximum atomic E-state index is 14.1. The minimum absolute atomic E-state index is 0.0173. The summed E-state index contributed by atoms with van der Waals surface area (Å²) < 4.78 is 5.18. The molecule has 2 unspecified atom stereocenters. The monoisotopic (exact) mass is 574 g/mol. The van der Waals surface area contributed by atoms with Crippen molar-refractivity contribution in [3.63, 3.8) is 0 Å². The van der Waals surface area contributed by atoms with Crippen LogP contribution in [0, 0.1) is 40.4 Å². The number of Topliss-reactive ketones (excluding diaryl/α,β-unsaturated/α-hetero) is 2. The highest BCUT2D eigenvalue weighted by Gasteiger charge is 2.75. The second-order valence-corrected chi connectivity index (χ2v) is 13.4. The topological polar surface area (TPSA) is 196 Å². The van der Waals surface area contributed by atoms with Crippen LogP contribution < -0.4 is 11.1 Å². The van der Waals surface area contributed by atoms with Crippen LogP contribution in [0.3, 0.4) is 0 Å². The van der Waals surface area contributed by atoms with Crippen LogP contribution in [0.5, 0.6) is 5.75 Å². The predicted molar refractivity (Wildman–Crippen MR) is 146 cm³/mol. The molecule has 2 fully saturated rings. The third-order valence-electron chi connectivity index (χ3n) is 9.73. The smallest absolute Gasteiger partial charge is 0.407 e. The minimum Gasteiger partial charge on any atom is -0.507 e. The Morgan fingerprint density at radius 2 is 1.78 bits per heavy atom. The van der Waals surface area contributed by atoms with Crippen molar-refractivity contribution < 1.29 is 44.3 Å². The van der Waals surface area contributed by atoms with Gasteiger partial charge in [-0.1, -0.05) is 47.6 Å². The van der Waals surface area contributed by atoms with Crippen LogP contribution in [0.15, 0.2) is 12.1 Å². The van der Waals surface area contributed by atoms with Gasteiger partial charge in [-0.05, 0) is 53.2 Å².